The number of hydrogen-bond acceptors (Lipinski definition) is 7. The molecule has 0 radical (unpaired) electrons. The molecule has 12 heteroatoms. The topological polar surface area (TPSA) is 122 Å². The molecule has 1 aliphatic rings. The molecule has 156 valence electrons. The lowest BCUT2D eigenvalue weighted by atomic mass is 10.1. The third-order valence-corrected chi connectivity index (χ3v) is 5.28. The van der Waals surface area contributed by atoms with Crippen molar-refractivity contribution in [1.29, 1.82) is 0 Å². The smallest absolute Gasteiger partial charge is 0.294 e. The molecular weight excluding hydrogens is 434 g/mol. The van der Waals surface area contributed by atoms with Gasteiger partial charge in [-0.3, -0.25) is 30.3 Å². The molecule has 0 unspecified atom stereocenters. The molecule has 10 nitrogen and oxygen atoms in total. The van der Waals surface area contributed by atoms with Crippen molar-refractivity contribution in [2.24, 2.45) is 0 Å². The van der Waals surface area contributed by atoms with E-state index >= 15 is 0 Å². The molecular formula is C18H16ClN5O5S. The van der Waals surface area contributed by atoms with E-state index in [-0.39, 0.29) is 27.1 Å². The molecule has 1 heterocycles. The van der Waals surface area contributed by atoms with Gasteiger partial charge < -0.3 is 9.80 Å². The molecule has 3 rings (SSSR count). The molecule has 0 aliphatic carbocycles. The molecule has 0 bridgehead atoms. The quantitative estimate of drug-likeness (QED) is 0.429. The number of rotatable bonds is 4. The third-order valence-electron chi connectivity index (χ3n) is 4.61. The summed E-state index contributed by atoms with van der Waals surface area (Å²) in [6, 6.07) is 10.1. The molecule has 2 aromatic carbocycles. The number of hydrogen-bond donors (Lipinski definition) is 1. The van der Waals surface area contributed by atoms with Crippen molar-refractivity contribution in [1.82, 2.24) is 10.2 Å². The van der Waals surface area contributed by atoms with Gasteiger partial charge in [0.15, 0.2) is 5.11 Å². The second kappa shape index (κ2) is 9.01. The zero-order valence-corrected chi connectivity index (χ0v) is 17.1. The number of amides is 1. The number of thiocarbonyl (C=S) groups is 1. The molecule has 1 fully saturated rings. The SMILES string of the molecule is O=C(NC(=S)N1CCN(c2c(Cl)cccc2[N+](=O)[O-])CC1)c1ccccc1[N+](=O)[O-]. The van der Waals surface area contributed by atoms with Crippen molar-refractivity contribution in [2.75, 3.05) is 31.1 Å². The van der Waals surface area contributed by atoms with Gasteiger partial charge in [0.2, 0.25) is 0 Å². The van der Waals surface area contributed by atoms with Crippen LogP contribution in [-0.2, 0) is 0 Å². The Morgan fingerprint density at radius 1 is 0.967 bits per heavy atom. The monoisotopic (exact) mass is 449 g/mol. The lowest BCUT2D eigenvalue weighted by Crippen LogP contribution is -2.52. The summed E-state index contributed by atoms with van der Waals surface area (Å²) >= 11 is 11.5. The predicted molar refractivity (Wildman–Crippen MR) is 115 cm³/mol. The van der Waals surface area contributed by atoms with Crippen LogP contribution in [0.15, 0.2) is 42.5 Å². The summed E-state index contributed by atoms with van der Waals surface area (Å²) in [5.41, 5.74) is -0.134. The second-order valence-corrected chi connectivity index (χ2v) is 7.17. The van der Waals surface area contributed by atoms with Crippen molar-refractivity contribution in [3.63, 3.8) is 0 Å². The molecule has 1 N–H and O–H groups in total. The standard InChI is InChI=1S/C18H16ClN5O5S/c19-13-5-3-7-15(24(28)29)16(13)21-8-10-22(11-9-21)18(30)20-17(25)12-4-1-2-6-14(12)23(26)27/h1-7H,8-11H2,(H,20,25,30). The highest BCUT2D eigenvalue weighted by Crippen LogP contribution is 2.35. The Bertz CT molecular complexity index is 1030. The van der Waals surface area contributed by atoms with Crippen LogP contribution in [0, 0.1) is 20.2 Å². The average Bonchev–Trinajstić information content (AvgIpc) is 2.73. The molecule has 30 heavy (non-hydrogen) atoms. The number of nitrogens with one attached hydrogen (secondary N) is 1. The highest BCUT2D eigenvalue weighted by molar-refractivity contribution is 7.80. The second-order valence-electron chi connectivity index (χ2n) is 6.37. The van der Waals surface area contributed by atoms with Gasteiger partial charge >= 0.3 is 0 Å². The summed E-state index contributed by atoms with van der Waals surface area (Å²) in [4.78, 5) is 37.3. The fraction of sp³-hybridized carbons (Fsp3) is 0.222. The van der Waals surface area contributed by atoms with Gasteiger partial charge in [-0.05, 0) is 24.4 Å². The molecule has 1 amide bonds. The van der Waals surface area contributed by atoms with Gasteiger partial charge in [-0.1, -0.05) is 29.8 Å². The van der Waals surface area contributed by atoms with Crippen LogP contribution in [0.1, 0.15) is 10.4 Å². The van der Waals surface area contributed by atoms with Crippen LogP contribution in [0.4, 0.5) is 17.1 Å². The van der Waals surface area contributed by atoms with Gasteiger partial charge in [0.25, 0.3) is 17.3 Å². The summed E-state index contributed by atoms with van der Waals surface area (Å²) in [5, 5.41) is 25.4. The van der Waals surface area contributed by atoms with E-state index in [1.165, 1.54) is 36.4 Å². The summed E-state index contributed by atoms with van der Waals surface area (Å²) < 4.78 is 0. The van der Waals surface area contributed by atoms with Gasteiger partial charge in [0.1, 0.15) is 11.3 Å². The number of anilines is 1. The number of nitro benzene ring substituents is 2. The predicted octanol–water partition coefficient (Wildman–Crippen LogP) is 2.99. The summed E-state index contributed by atoms with van der Waals surface area (Å²) in [6.45, 7) is 1.56. The first kappa shape index (κ1) is 21.4. The Hall–Kier alpha value is -3.31. The Kier molecular flexibility index (Phi) is 6.43. The minimum Gasteiger partial charge on any atom is -0.361 e. The molecule has 0 aromatic heterocycles. The van der Waals surface area contributed by atoms with Crippen LogP contribution in [0.2, 0.25) is 5.02 Å². The molecule has 0 saturated carbocycles. The van der Waals surface area contributed by atoms with E-state index in [9.17, 15) is 25.0 Å². The van der Waals surface area contributed by atoms with E-state index in [1.807, 2.05) is 0 Å². The third kappa shape index (κ3) is 4.47. The molecule has 0 atom stereocenters. The molecule has 1 saturated heterocycles. The van der Waals surface area contributed by atoms with Gasteiger partial charge in [-0.25, -0.2) is 0 Å². The molecule has 2 aromatic rings. The van der Waals surface area contributed by atoms with Crippen molar-refractivity contribution in [3.05, 3.63) is 73.3 Å². The van der Waals surface area contributed by atoms with E-state index in [1.54, 1.807) is 15.9 Å². The van der Waals surface area contributed by atoms with Crippen molar-refractivity contribution in [3.8, 4) is 0 Å². The van der Waals surface area contributed by atoms with E-state index in [0.29, 0.717) is 31.9 Å². The van der Waals surface area contributed by atoms with Gasteiger partial charge in [0, 0.05) is 38.3 Å². The number of para-hydroxylation sites is 2. The zero-order valence-electron chi connectivity index (χ0n) is 15.5. The highest BCUT2D eigenvalue weighted by Gasteiger charge is 2.28. The number of halogens is 1. The van der Waals surface area contributed by atoms with Crippen LogP contribution in [-0.4, -0.2) is 51.9 Å². The number of carbonyl (C=O) groups excluding carboxylic acids is 1. The Morgan fingerprint density at radius 3 is 2.20 bits per heavy atom. The number of nitro groups is 2. The van der Waals surface area contributed by atoms with E-state index in [2.05, 4.69) is 5.32 Å². The van der Waals surface area contributed by atoms with Crippen molar-refractivity contribution >= 4 is 51.9 Å². The van der Waals surface area contributed by atoms with Crippen LogP contribution in [0.3, 0.4) is 0 Å². The Labute approximate surface area is 181 Å². The maximum absolute atomic E-state index is 12.4. The summed E-state index contributed by atoms with van der Waals surface area (Å²) in [5.74, 6) is -0.670. The minimum atomic E-state index is -0.670. The minimum absolute atomic E-state index is 0.0804. The first-order valence-corrected chi connectivity index (χ1v) is 9.59. The van der Waals surface area contributed by atoms with E-state index in [4.69, 9.17) is 23.8 Å². The van der Waals surface area contributed by atoms with Crippen LogP contribution >= 0.6 is 23.8 Å². The van der Waals surface area contributed by atoms with Crippen molar-refractivity contribution < 1.29 is 14.6 Å². The van der Waals surface area contributed by atoms with Crippen LogP contribution in [0.25, 0.3) is 0 Å². The summed E-state index contributed by atoms with van der Waals surface area (Å²) in [7, 11) is 0. The molecule has 0 spiro atoms. The first-order valence-electron chi connectivity index (χ1n) is 8.81. The lowest BCUT2D eigenvalue weighted by molar-refractivity contribution is -0.385. The Morgan fingerprint density at radius 2 is 1.57 bits per heavy atom. The van der Waals surface area contributed by atoms with E-state index in [0.717, 1.165) is 0 Å². The van der Waals surface area contributed by atoms with Gasteiger partial charge in [-0.2, -0.15) is 0 Å². The van der Waals surface area contributed by atoms with Crippen LogP contribution in [0.5, 0.6) is 0 Å². The van der Waals surface area contributed by atoms with Gasteiger partial charge in [-0.15, -0.1) is 0 Å². The van der Waals surface area contributed by atoms with E-state index < -0.39 is 15.8 Å². The fourth-order valence-electron chi connectivity index (χ4n) is 3.17. The first-order chi connectivity index (χ1) is 14.3. The largest absolute Gasteiger partial charge is 0.361 e. The Balaban J connectivity index is 1.66. The highest BCUT2D eigenvalue weighted by atomic mass is 35.5. The number of nitrogens with zero attached hydrogens (tertiary/aromatic N) is 4. The molecule has 1 aliphatic heterocycles. The maximum atomic E-state index is 12.4. The summed E-state index contributed by atoms with van der Waals surface area (Å²) in [6.07, 6.45) is 0. The maximum Gasteiger partial charge on any atom is 0.294 e. The number of piperazine rings is 1. The normalized spacial score (nSPS) is 13.6. The number of carbonyl (C=O) groups is 1. The van der Waals surface area contributed by atoms with Crippen LogP contribution < -0.4 is 10.2 Å². The van der Waals surface area contributed by atoms with Crippen molar-refractivity contribution in [2.45, 2.75) is 0 Å². The average molecular weight is 450 g/mol. The fourth-order valence-corrected chi connectivity index (χ4v) is 3.73. The lowest BCUT2D eigenvalue weighted by Gasteiger charge is -2.37. The number of benzene rings is 2. The zero-order chi connectivity index (χ0) is 21.8. The van der Waals surface area contributed by atoms with Gasteiger partial charge in [0.05, 0.1) is 14.9 Å².